The van der Waals surface area contributed by atoms with Gasteiger partial charge in [-0.2, -0.15) is 0 Å². The molecule has 1 N–H and O–H groups in total. The van der Waals surface area contributed by atoms with E-state index in [4.69, 9.17) is 4.74 Å². The highest BCUT2D eigenvalue weighted by atomic mass is 32.2. The second-order valence-corrected chi connectivity index (χ2v) is 7.43. The standard InChI is InChI=1S/C21H23N3O3S/c1-4-27-16-11-9-15(10-12-16)24-20(26)17-7-5-6-8-18(17)23-21(24)28-13-19(25)22-14(2)3/h5-12,14H,4,13H2,1-3H3,(H,22,25). The van der Waals surface area contributed by atoms with E-state index in [9.17, 15) is 9.59 Å². The molecule has 7 heteroatoms. The van der Waals surface area contributed by atoms with E-state index in [0.717, 1.165) is 5.75 Å². The third-order valence-corrected chi connectivity index (χ3v) is 4.87. The Morgan fingerprint density at radius 2 is 1.89 bits per heavy atom. The zero-order chi connectivity index (χ0) is 20.1. The van der Waals surface area contributed by atoms with Crippen LogP contribution in [0.4, 0.5) is 0 Å². The second kappa shape index (κ2) is 8.93. The van der Waals surface area contributed by atoms with Gasteiger partial charge in [0.15, 0.2) is 5.16 Å². The first-order valence-corrected chi connectivity index (χ1v) is 10.2. The summed E-state index contributed by atoms with van der Waals surface area (Å²) in [6.07, 6.45) is 0. The lowest BCUT2D eigenvalue weighted by Crippen LogP contribution is -2.32. The van der Waals surface area contributed by atoms with Gasteiger partial charge in [-0.25, -0.2) is 4.98 Å². The summed E-state index contributed by atoms with van der Waals surface area (Å²) < 4.78 is 7.03. The second-order valence-electron chi connectivity index (χ2n) is 6.49. The van der Waals surface area contributed by atoms with Crippen LogP contribution in [0.15, 0.2) is 58.5 Å². The molecule has 1 heterocycles. The Kier molecular flexibility index (Phi) is 6.36. The maximum absolute atomic E-state index is 13.2. The first-order chi connectivity index (χ1) is 13.5. The molecule has 6 nitrogen and oxygen atoms in total. The van der Waals surface area contributed by atoms with Crippen molar-refractivity contribution in [3.05, 3.63) is 58.9 Å². The van der Waals surface area contributed by atoms with E-state index in [-0.39, 0.29) is 23.3 Å². The maximum Gasteiger partial charge on any atom is 0.266 e. The molecule has 0 spiro atoms. The molecule has 0 aliphatic carbocycles. The number of para-hydroxylation sites is 1. The quantitative estimate of drug-likeness (QED) is 0.489. The third kappa shape index (κ3) is 4.54. The van der Waals surface area contributed by atoms with Gasteiger partial charge in [0.1, 0.15) is 5.75 Å². The zero-order valence-electron chi connectivity index (χ0n) is 16.1. The highest BCUT2D eigenvalue weighted by Crippen LogP contribution is 2.22. The van der Waals surface area contributed by atoms with Crippen LogP contribution < -0.4 is 15.6 Å². The molecule has 0 atom stereocenters. The first-order valence-electron chi connectivity index (χ1n) is 9.16. The summed E-state index contributed by atoms with van der Waals surface area (Å²) in [7, 11) is 0. The fourth-order valence-electron chi connectivity index (χ4n) is 2.79. The van der Waals surface area contributed by atoms with E-state index in [1.165, 1.54) is 11.8 Å². The van der Waals surface area contributed by atoms with Crippen molar-refractivity contribution < 1.29 is 9.53 Å². The summed E-state index contributed by atoms with van der Waals surface area (Å²) in [5.41, 5.74) is 1.13. The summed E-state index contributed by atoms with van der Waals surface area (Å²) in [5.74, 6) is 0.819. The van der Waals surface area contributed by atoms with Gasteiger partial charge in [-0.1, -0.05) is 23.9 Å². The Morgan fingerprint density at radius 1 is 1.18 bits per heavy atom. The largest absolute Gasteiger partial charge is 0.494 e. The van der Waals surface area contributed by atoms with Crippen molar-refractivity contribution >= 4 is 28.6 Å². The Balaban J connectivity index is 2.04. The normalized spacial score (nSPS) is 11.0. The Hall–Kier alpha value is -2.80. The predicted molar refractivity (Wildman–Crippen MR) is 113 cm³/mol. The molecule has 0 radical (unpaired) electrons. The van der Waals surface area contributed by atoms with Gasteiger partial charge in [-0.15, -0.1) is 0 Å². The van der Waals surface area contributed by atoms with Gasteiger partial charge in [0.05, 0.1) is 29.0 Å². The van der Waals surface area contributed by atoms with Gasteiger partial charge in [-0.3, -0.25) is 14.2 Å². The number of aromatic nitrogens is 2. The minimum atomic E-state index is -0.165. The third-order valence-electron chi connectivity index (χ3n) is 3.93. The number of fused-ring (bicyclic) bond motifs is 1. The van der Waals surface area contributed by atoms with Crippen molar-refractivity contribution in [2.24, 2.45) is 0 Å². The van der Waals surface area contributed by atoms with Crippen LogP contribution in [0.1, 0.15) is 20.8 Å². The summed E-state index contributed by atoms with van der Waals surface area (Å²) in [6, 6.07) is 14.6. The SMILES string of the molecule is CCOc1ccc(-n2c(SCC(=O)NC(C)C)nc3ccccc3c2=O)cc1. The molecule has 3 rings (SSSR count). The number of amides is 1. The van der Waals surface area contributed by atoms with Crippen LogP contribution >= 0.6 is 11.8 Å². The van der Waals surface area contributed by atoms with Gasteiger partial charge >= 0.3 is 0 Å². The van der Waals surface area contributed by atoms with E-state index in [0.29, 0.717) is 28.4 Å². The van der Waals surface area contributed by atoms with Crippen LogP contribution in [0, 0.1) is 0 Å². The van der Waals surface area contributed by atoms with Crippen molar-refractivity contribution in [3.63, 3.8) is 0 Å². The summed E-state index contributed by atoms with van der Waals surface area (Å²) >= 11 is 1.24. The Labute approximate surface area is 167 Å². The molecule has 1 aromatic heterocycles. The fraction of sp³-hybridized carbons (Fsp3) is 0.286. The number of nitrogens with one attached hydrogen (secondary N) is 1. The van der Waals surface area contributed by atoms with Gasteiger partial charge < -0.3 is 10.1 Å². The molecular formula is C21H23N3O3S. The topological polar surface area (TPSA) is 73.2 Å². The van der Waals surface area contributed by atoms with E-state index < -0.39 is 0 Å². The number of benzene rings is 2. The van der Waals surface area contributed by atoms with Crippen LogP contribution in [-0.4, -0.2) is 33.9 Å². The molecule has 1 amide bonds. The molecule has 0 bridgehead atoms. The maximum atomic E-state index is 13.2. The monoisotopic (exact) mass is 397 g/mol. The minimum Gasteiger partial charge on any atom is -0.494 e. The summed E-state index contributed by atoms with van der Waals surface area (Å²) in [6.45, 7) is 6.31. The smallest absolute Gasteiger partial charge is 0.266 e. The molecular weight excluding hydrogens is 374 g/mol. The molecule has 0 fully saturated rings. The van der Waals surface area contributed by atoms with Crippen LogP contribution in [0.2, 0.25) is 0 Å². The molecule has 0 aliphatic rings. The molecule has 0 unspecified atom stereocenters. The van der Waals surface area contributed by atoms with Crippen LogP contribution in [0.3, 0.4) is 0 Å². The van der Waals surface area contributed by atoms with Crippen molar-refractivity contribution in [3.8, 4) is 11.4 Å². The molecule has 0 saturated carbocycles. The highest BCUT2D eigenvalue weighted by molar-refractivity contribution is 7.99. The lowest BCUT2D eigenvalue weighted by atomic mass is 10.2. The number of carbonyl (C=O) groups is 1. The molecule has 0 aliphatic heterocycles. The number of nitrogens with zero attached hydrogens (tertiary/aromatic N) is 2. The van der Waals surface area contributed by atoms with Crippen molar-refractivity contribution in [2.75, 3.05) is 12.4 Å². The van der Waals surface area contributed by atoms with Gasteiger partial charge in [0, 0.05) is 6.04 Å². The van der Waals surface area contributed by atoms with Gasteiger partial charge in [-0.05, 0) is 57.2 Å². The van der Waals surface area contributed by atoms with Gasteiger partial charge in [0.2, 0.25) is 5.91 Å². The number of ether oxygens (including phenoxy) is 1. The summed E-state index contributed by atoms with van der Waals surface area (Å²) in [4.78, 5) is 29.9. The number of carbonyl (C=O) groups excluding carboxylic acids is 1. The van der Waals surface area contributed by atoms with Crippen LogP contribution in [0.5, 0.6) is 5.75 Å². The van der Waals surface area contributed by atoms with Crippen LogP contribution in [-0.2, 0) is 4.79 Å². The number of hydrogen-bond donors (Lipinski definition) is 1. The van der Waals surface area contributed by atoms with Crippen molar-refractivity contribution in [1.29, 1.82) is 0 Å². The van der Waals surface area contributed by atoms with E-state index in [1.54, 1.807) is 16.7 Å². The first kappa shape index (κ1) is 19.9. The van der Waals surface area contributed by atoms with Crippen molar-refractivity contribution in [2.45, 2.75) is 32.0 Å². The minimum absolute atomic E-state index is 0.0611. The zero-order valence-corrected chi connectivity index (χ0v) is 17.0. The van der Waals surface area contributed by atoms with Gasteiger partial charge in [0.25, 0.3) is 5.56 Å². The molecule has 28 heavy (non-hydrogen) atoms. The fourth-order valence-corrected chi connectivity index (χ4v) is 3.61. The number of thioether (sulfide) groups is 1. The molecule has 3 aromatic rings. The average molecular weight is 398 g/mol. The van der Waals surface area contributed by atoms with E-state index in [1.807, 2.05) is 57.2 Å². The average Bonchev–Trinajstić information content (AvgIpc) is 2.67. The number of rotatable bonds is 7. The molecule has 0 saturated heterocycles. The lowest BCUT2D eigenvalue weighted by molar-refractivity contribution is -0.119. The highest BCUT2D eigenvalue weighted by Gasteiger charge is 2.15. The Morgan fingerprint density at radius 3 is 2.57 bits per heavy atom. The molecule has 2 aromatic carbocycles. The molecule has 146 valence electrons. The summed E-state index contributed by atoms with van der Waals surface area (Å²) in [5, 5.41) is 3.87. The van der Waals surface area contributed by atoms with E-state index in [2.05, 4.69) is 10.3 Å². The number of hydrogen-bond acceptors (Lipinski definition) is 5. The van der Waals surface area contributed by atoms with Crippen LogP contribution in [0.25, 0.3) is 16.6 Å². The lowest BCUT2D eigenvalue weighted by Gasteiger charge is -2.14. The predicted octanol–water partition coefficient (Wildman–Crippen LogP) is 3.40. The van der Waals surface area contributed by atoms with E-state index >= 15 is 0 Å². The Bertz CT molecular complexity index is 1030. The van der Waals surface area contributed by atoms with Crippen molar-refractivity contribution in [1.82, 2.24) is 14.9 Å².